The van der Waals surface area contributed by atoms with Crippen LogP contribution in [0, 0.1) is 17.8 Å². The highest BCUT2D eigenvalue weighted by Gasteiger charge is 2.45. The number of nitrogens with one attached hydrogen (secondary N) is 3. The summed E-state index contributed by atoms with van der Waals surface area (Å²) in [4.78, 5) is 78.8. The number of hydrogen-bond acceptors (Lipinski definition) is 7. The summed E-state index contributed by atoms with van der Waals surface area (Å²) in [6, 6.07) is 4.21. The summed E-state index contributed by atoms with van der Waals surface area (Å²) in [5, 5.41) is 8.00. The number of fused-ring (bicyclic) bond motifs is 1. The Labute approximate surface area is 258 Å². The van der Waals surface area contributed by atoms with Crippen molar-refractivity contribution in [3.8, 4) is 0 Å². The number of carbonyl (C=O) groups is 6. The summed E-state index contributed by atoms with van der Waals surface area (Å²) in [5.74, 6) is -3.59. The molecule has 1 aliphatic heterocycles. The molecular weight excluding hydrogens is 566 g/mol. The summed E-state index contributed by atoms with van der Waals surface area (Å²) >= 11 is 0. The Balaban J connectivity index is 1.50. The van der Waals surface area contributed by atoms with Gasteiger partial charge in [0, 0.05) is 6.54 Å². The second-order valence-electron chi connectivity index (χ2n) is 13.5. The molecule has 2 unspecified atom stereocenters. The summed E-state index contributed by atoms with van der Waals surface area (Å²) < 4.78 is 5.26. The van der Waals surface area contributed by atoms with Crippen LogP contribution in [0.1, 0.15) is 70.9 Å². The van der Waals surface area contributed by atoms with E-state index in [-0.39, 0.29) is 30.8 Å². The van der Waals surface area contributed by atoms with Crippen molar-refractivity contribution < 1.29 is 33.5 Å². The SMILES string of the molecule is C[C@@H]1C[C@@H](C(=O)NC(CC2CCC2)C(=O)C(N)=O)N(C(=O)C(NC(=O)NCC(=O)OC(C)(C)C)C2Cc3ccccc3C2)C1. The Morgan fingerprint density at radius 1 is 1.02 bits per heavy atom. The number of ketones is 1. The third-order valence-electron chi connectivity index (χ3n) is 8.69. The molecule has 1 saturated carbocycles. The first kappa shape index (κ1) is 32.9. The van der Waals surface area contributed by atoms with Crippen LogP contribution in [0.5, 0.6) is 0 Å². The van der Waals surface area contributed by atoms with Crippen LogP contribution < -0.4 is 21.7 Å². The van der Waals surface area contributed by atoms with Crippen LogP contribution in [0.2, 0.25) is 0 Å². The topological polar surface area (TPSA) is 177 Å². The van der Waals surface area contributed by atoms with Gasteiger partial charge in [0.25, 0.3) is 5.91 Å². The lowest BCUT2D eigenvalue weighted by atomic mass is 9.80. The Morgan fingerprint density at radius 3 is 2.20 bits per heavy atom. The summed E-state index contributed by atoms with van der Waals surface area (Å²) in [5.41, 5.74) is 6.73. The van der Waals surface area contributed by atoms with E-state index in [4.69, 9.17) is 10.5 Å². The average Bonchev–Trinajstić information content (AvgIpc) is 3.53. The van der Waals surface area contributed by atoms with E-state index in [1.54, 1.807) is 20.8 Å². The van der Waals surface area contributed by atoms with E-state index in [1.165, 1.54) is 4.90 Å². The maximum absolute atomic E-state index is 14.2. The third kappa shape index (κ3) is 8.35. The predicted molar refractivity (Wildman–Crippen MR) is 161 cm³/mol. The van der Waals surface area contributed by atoms with E-state index in [9.17, 15) is 28.8 Å². The Hall–Kier alpha value is -3.96. The number of amides is 5. The number of Topliss-reactive ketones (excluding diaryl/α,β-unsaturated/α-hetero) is 1. The standard InChI is InChI=1S/C32H45N5O7/c1-18-12-24(29(41)35-23(27(39)28(33)40)13-19-8-7-9-19)37(17-18)30(42)26(22-14-20-10-5-6-11-21(20)15-22)36-31(43)34-16-25(38)44-32(2,3)4/h5-6,10-11,18-19,22-24,26H,7-9,12-17H2,1-4H3,(H2,33,40)(H,35,41)(H2,34,36,43)/t18-,23?,24+,26?/m1/s1. The van der Waals surface area contributed by atoms with E-state index >= 15 is 0 Å². The first-order valence-electron chi connectivity index (χ1n) is 15.5. The molecule has 1 heterocycles. The van der Waals surface area contributed by atoms with Crippen molar-refractivity contribution >= 4 is 35.5 Å². The summed E-state index contributed by atoms with van der Waals surface area (Å²) in [7, 11) is 0. The monoisotopic (exact) mass is 611 g/mol. The number of carbonyl (C=O) groups excluding carboxylic acids is 6. The molecule has 5 amide bonds. The number of benzene rings is 1. The fourth-order valence-electron chi connectivity index (χ4n) is 6.38. The van der Waals surface area contributed by atoms with Crippen molar-refractivity contribution in [2.75, 3.05) is 13.1 Å². The maximum atomic E-state index is 14.2. The zero-order chi connectivity index (χ0) is 32.2. The predicted octanol–water partition coefficient (Wildman–Crippen LogP) is 1.38. The van der Waals surface area contributed by atoms with Gasteiger partial charge in [0.1, 0.15) is 24.2 Å². The fraction of sp³-hybridized carbons (Fsp3) is 0.625. The minimum atomic E-state index is -1.11. The number of likely N-dealkylation sites (tertiary alicyclic amines) is 1. The maximum Gasteiger partial charge on any atom is 0.325 e. The molecule has 0 spiro atoms. The minimum absolute atomic E-state index is 0.0194. The van der Waals surface area contributed by atoms with Gasteiger partial charge >= 0.3 is 12.0 Å². The second-order valence-corrected chi connectivity index (χ2v) is 13.5. The third-order valence-corrected chi connectivity index (χ3v) is 8.69. The van der Waals surface area contributed by atoms with Crippen LogP contribution in [-0.4, -0.2) is 77.2 Å². The molecule has 2 fully saturated rings. The average molecular weight is 612 g/mol. The molecule has 12 nitrogen and oxygen atoms in total. The number of nitrogens with two attached hydrogens (primary N) is 1. The Kier molecular flexibility index (Phi) is 10.3. The molecular formula is C32H45N5O7. The highest BCUT2D eigenvalue weighted by Crippen LogP contribution is 2.33. The molecule has 44 heavy (non-hydrogen) atoms. The van der Waals surface area contributed by atoms with Crippen molar-refractivity contribution in [2.24, 2.45) is 23.5 Å². The number of ether oxygens (including phenoxy) is 1. The number of rotatable bonds is 11. The summed E-state index contributed by atoms with van der Waals surface area (Å²) in [6.45, 7) is 7.00. The lowest BCUT2D eigenvalue weighted by Gasteiger charge is -2.33. The first-order chi connectivity index (χ1) is 20.7. The fourth-order valence-corrected chi connectivity index (χ4v) is 6.38. The van der Waals surface area contributed by atoms with Crippen molar-refractivity contribution in [3.63, 3.8) is 0 Å². The van der Waals surface area contributed by atoms with Gasteiger partial charge in [0.2, 0.25) is 17.6 Å². The molecule has 1 aromatic carbocycles. The molecule has 4 atom stereocenters. The van der Waals surface area contributed by atoms with E-state index in [0.717, 1.165) is 30.4 Å². The van der Waals surface area contributed by atoms with Crippen molar-refractivity contribution in [3.05, 3.63) is 35.4 Å². The number of urea groups is 1. The van der Waals surface area contributed by atoms with Crippen molar-refractivity contribution in [1.29, 1.82) is 0 Å². The van der Waals surface area contributed by atoms with E-state index in [0.29, 0.717) is 25.7 Å². The number of primary amides is 1. The molecule has 4 rings (SSSR count). The van der Waals surface area contributed by atoms with Gasteiger partial charge in [0.15, 0.2) is 0 Å². The van der Waals surface area contributed by atoms with Gasteiger partial charge in [-0.15, -0.1) is 0 Å². The largest absolute Gasteiger partial charge is 0.459 e. The van der Waals surface area contributed by atoms with Gasteiger partial charge in [-0.1, -0.05) is 50.5 Å². The molecule has 12 heteroatoms. The normalized spacial score (nSPS) is 21.4. The highest BCUT2D eigenvalue weighted by atomic mass is 16.6. The molecule has 5 N–H and O–H groups in total. The van der Waals surface area contributed by atoms with Crippen molar-refractivity contribution in [2.45, 2.75) is 96.4 Å². The molecule has 240 valence electrons. The van der Waals surface area contributed by atoms with E-state index in [1.807, 2.05) is 31.2 Å². The van der Waals surface area contributed by atoms with Crippen LogP contribution >= 0.6 is 0 Å². The minimum Gasteiger partial charge on any atom is -0.459 e. The quantitative estimate of drug-likeness (QED) is 0.216. The van der Waals surface area contributed by atoms with Crippen LogP contribution in [0.25, 0.3) is 0 Å². The number of esters is 1. The molecule has 1 saturated heterocycles. The smallest absolute Gasteiger partial charge is 0.325 e. The van der Waals surface area contributed by atoms with Crippen LogP contribution in [-0.2, 0) is 41.6 Å². The molecule has 0 radical (unpaired) electrons. The lowest BCUT2D eigenvalue weighted by Crippen LogP contribution is -2.59. The number of hydrogen-bond donors (Lipinski definition) is 4. The van der Waals surface area contributed by atoms with E-state index < -0.39 is 59.2 Å². The van der Waals surface area contributed by atoms with Crippen molar-refractivity contribution in [1.82, 2.24) is 20.9 Å². The zero-order valence-corrected chi connectivity index (χ0v) is 26.0. The van der Waals surface area contributed by atoms with Crippen LogP contribution in [0.15, 0.2) is 24.3 Å². The van der Waals surface area contributed by atoms with Gasteiger partial charge < -0.3 is 31.3 Å². The molecule has 1 aromatic rings. The lowest BCUT2D eigenvalue weighted by molar-refractivity contribution is -0.153. The first-order valence-corrected chi connectivity index (χ1v) is 15.5. The Bertz CT molecular complexity index is 1260. The molecule has 0 aromatic heterocycles. The van der Waals surface area contributed by atoms with Gasteiger partial charge in [-0.3, -0.25) is 24.0 Å². The van der Waals surface area contributed by atoms with Gasteiger partial charge in [0.05, 0.1) is 6.04 Å². The van der Waals surface area contributed by atoms with Gasteiger partial charge in [-0.25, -0.2) is 4.79 Å². The molecule has 2 aliphatic carbocycles. The van der Waals surface area contributed by atoms with E-state index in [2.05, 4.69) is 16.0 Å². The zero-order valence-electron chi connectivity index (χ0n) is 26.0. The highest BCUT2D eigenvalue weighted by molar-refractivity contribution is 6.37. The number of nitrogens with zero attached hydrogens (tertiary/aromatic N) is 1. The molecule has 3 aliphatic rings. The van der Waals surface area contributed by atoms with Crippen LogP contribution in [0.3, 0.4) is 0 Å². The second kappa shape index (κ2) is 13.8. The molecule has 0 bridgehead atoms. The van der Waals surface area contributed by atoms with Gasteiger partial charge in [-0.2, -0.15) is 0 Å². The summed E-state index contributed by atoms with van der Waals surface area (Å²) in [6.07, 6.45) is 4.65. The Morgan fingerprint density at radius 2 is 1.66 bits per heavy atom. The van der Waals surface area contributed by atoms with Gasteiger partial charge in [-0.05, 0) is 75.3 Å². The van der Waals surface area contributed by atoms with Crippen LogP contribution in [0.4, 0.5) is 4.79 Å².